The molecule has 0 spiro atoms. The van der Waals surface area contributed by atoms with Crippen LogP contribution in [0.3, 0.4) is 0 Å². The van der Waals surface area contributed by atoms with Gasteiger partial charge in [-0.25, -0.2) is 19.7 Å². The monoisotopic (exact) mass is 474 g/mol. The van der Waals surface area contributed by atoms with Crippen LogP contribution in [0.5, 0.6) is 0 Å². The van der Waals surface area contributed by atoms with Crippen LogP contribution in [0.4, 0.5) is 27.7 Å². The first-order valence-electron chi connectivity index (χ1n) is 11.0. The van der Waals surface area contributed by atoms with Gasteiger partial charge in [-0.1, -0.05) is 18.2 Å². The molecule has 2 heterocycles. The van der Waals surface area contributed by atoms with Crippen molar-refractivity contribution in [3.05, 3.63) is 54.9 Å². The number of amides is 3. The molecule has 4 rings (SSSR count). The molecule has 0 saturated carbocycles. The van der Waals surface area contributed by atoms with Crippen molar-refractivity contribution < 1.29 is 14.7 Å². The van der Waals surface area contributed by atoms with Crippen molar-refractivity contribution in [1.29, 1.82) is 0 Å². The van der Waals surface area contributed by atoms with Crippen LogP contribution in [-0.2, 0) is 11.8 Å². The van der Waals surface area contributed by atoms with Gasteiger partial charge in [-0.15, -0.1) is 0 Å². The van der Waals surface area contributed by atoms with E-state index in [1.807, 2.05) is 17.7 Å². The van der Waals surface area contributed by atoms with Gasteiger partial charge in [0, 0.05) is 49.7 Å². The molecule has 0 aliphatic carbocycles. The first-order valence-corrected chi connectivity index (χ1v) is 11.0. The van der Waals surface area contributed by atoms with E-state index in [-0.39, 0.29) is 12.5 Å². The normalized spacial score (nSPS) is 10.7. The van der Waals surface area contributed by atoms with Crippen LogP contribution in [0.25, 0.3) is 22.6 Å². The maximum atomic E-state index is 12.6. The van der Waals surface area contributed by atoms with Crippen molar-refractivity contribution >= 4 is 46.0 Å². The number of anilines is 4. The number of aliphatic hydroxyl groups is 1. The van der Waals surface area contributed by atoms with Crippen LogP contribution < -0.4 is 21.3 Å². The van der Waals surface area contributed by atoms with Crippen molar-refractivity contribution in [3.63, 3.8) is 0 Å². The SMILES string of the molecule is CC(=O)Nc1cccc(NC(=O)Nc2cccc(-c3nc(NCCCO)c4ncn(C)c4n3)c2)c1. The molecule has 2 aromatic carbocycles. The molecule has 0 radical (unpaired) electrons. The Balaban J connectivity index is 1.53. The number of carbonyl (C=O) groups is 2. The highest BCUT2D eigenvalue weighted by Gasteiger charge is 2.14. The van der Waals surface area contributed by atoms with Crippen molar-refractivity contribution in [1.82, 2.24) is 19.5 Å². The van der Waals surface area contributed by atoms with Gasteiger partial charge in [-0.2, -0.15) is 0 Å². The van der Waals surface area contributed by atoms with Crippen LogP contribution >= 0.6 is 0 Å². The van der Waals surface area contributed by atoms with Crippen molar-refractivity contribution in [2.75, 3.05) is 34.4 Å². The van der Waals surface area contributed by atoms with Crippen LogP contribution in [0.1, 0.15) is 13.3 Å². The zero-order valence-electron chi connectivity index (χ0n) is 19.4. The Morgan fingerprint density at radius 1 is 0.971 bits per heavy atom. The van der Waals surface area contributed by atoms with Gasteiger partial charge >= 0.3 is 6.03 Å². The third-order valence-corrected chi connectivity index (χ3v) is 5.01. The zero-order chi connectivity index (χ0) is 24.8. The quantitative estimate of drug-likeness (QED) is 0.246. The smallest absolute Gasteiger partial charge is 0.323 e. The number of fused-ring (bicyclic) bond motifs is 1. The van der Waals surface area contributed by atoms with Gasteiger partial charge in [0.05, 0.1) is 6.33 Å². The maximum Gasteiger partial charge on any atom is 0.323 e. The molecule has 5 N–H and O–H groups in total. The number of aryl methyl sites for hydroxylation is 1. The van der Waals surface area contributed by atoms with E-state index in [2.05, 4.69) is 36.2 Å². The zero-order valence-corrected chi connectivity index (χ0v) is 19.4. The second-order valence-electron chi connectivity index (χ2n) is 7.85. The van der Waals surface area contributed by atoms with E-state index in [0.29, 0.717) is 58.4 Å². The summed E-state index contributed by atoms with van der Waals surface area (Å²) in [6.45, 7) is 2.04. The third-order valence-electron chi connectivity index (χ3n) is 5.01. The average molecular weight is 475 g/mol. The lowest BCUT2D eigenvalue weighted by atomic mass is 10.2. The van der Waals surface area contributed by atoms with E-state index in [9.17, 15) is 9.59 Å². The molecule has 0 atom stereocenters. The summed E-state index contributed by atoms with van der Waals surface area (Å²) in [6.07, 6.45) is 2.25. The first kappa shape index (κ1) is 23.6. The molecule has 0 aliphatic heterocycles. The highest BCUT2D eigenvalue weighted by atomic mass is 16.3. The van der Waals surface area contributed by atoms with Gasteiger partial charge in [-0.3, -0.25) is 4.79 Å². The number of urea groups is 1. The minimum atomic E-state index is -0.434. The Hall–Kier alpha value is -4.51. The Bertz CT molecular complexity index is 1370. The van der Waals surface area contributed by atoms with E-state index >= 15 is 0 Å². The number of hydrogen-bond donors (Lipinski definition) is 5. The predicted molar refractivity (Wildman–Crippen MR) is 135 cm³/mol. The second kappa shape index (κ2) is 10.6. The molecule has 0 unspecified atom stereocenters. The Morgan fingerprint density at radius 2 is 1.66 bits per heavy atom. The van der Waals surface area contributed by atoms with Crippen molar-refractivity contribution in [3.8, 4) is 11.4 Å². The van der Waals surface area contributed by atoms with E-state index in [0.717, 1.165) is 0 Å². The van der Waals surface area contributed by atoms with Gasteiger partial charge in [0.1, 0.15) is 5.52 Å². The fourth-order valence-corrected chi connectivity index (χ4v) is 3.45. The molecular weight excluding hydrogens is 448 g/mol. The number of hydrogen-bond acceptors (Lipinski definition) is 7. The summed E-state index contributed by atoms with van der Waals surface area (Å²) in [5.74, 6) is 0.857. The fourth-order valence-electron chi connectivity index (χ4n) is 3.45. The molecule has 3 amide bonds. The predicted octanol–water partition coefficient (Wildman–Crippen LogP) is 3.43. The summed E-state index contributed by atoms with van der Waals surface area (Å²) in [7, 11) is 1.85. The molecule has 11 nitrogen and oxygen atoms in total. The fraction of sp³-hybridized carbons (Fsp3) is 0.208. The number of nitrogens with zero attached hydrogens (tertiary/aromatic N) is 4. The van der Waals surface area contributed by atoms with E-state index < -0.39 is 6.03 Å². The van der Waals surface area contributed by atoms with Gasteiger partial charge < -0.3 is 30.9 Å². The maximum absolute atomic E-state index is 12.6. The lowest BCUT2D eigenvalue weighted by Crippen LogP contribution is -2.19. The molecule has 4 aromatic rings. The number of rotatable bonds is 8. The molecule has 0 saturated heterocycles. The summed E-state index contributed by atoms with van der Waals surface area (Å²) in [5.41, 5.74) is 3.70. The van der Waals surface area contributed by atoms with Crippen molar-refractivity contribution in [2.24, 2.45) is 7.05 Å². The van der Waals surface area contributed by atoms with Gasteiger partial charge in [-0.05, 0) is 36.8 Å². The summed E-state index contributed by atoms with van der Waals surface area (Å²) >= 11 is 0. The van der Waals surface area contributed by atoms with Gasteiger partial charge in [0.25, 0.3) is 0 Å². The molecular formula is C24H26N8O3. The topological polar surface area (TPSA) is 146 Å². The van der Waals surface area contributed by atoms with E-state index in [4.69, 9.17) is 5.11 Å². The largest absolute Gasteiger partial charge is 0.396 e. The van der Waals surface area contributed by atoms with Crippen LogP contribution in [-0.4, -0.2) is 49.7 Å². The third kappa shape index (κ3) is 5.89. The molecule has 11 heteroatoms. The average Bonchev–Trinajstić information content (AvgIpc) is 3.20. The number of nitrogens with one attached hydrogen (secondary N) is 4. The number of carbonyl (C=O) groups excluding carboxylic acids is 2. The van der Waals surface area contributed by atoms with Gasteiger partial charge in [0.2, 0.25) is 5.91 Å². The molecule has 0 fully saturated rings. The van der Waals surface area contributed by atoms with Crippen molar-refractivity contribution in [2.45, 2.75) is 13.3 Å². The molecule has 180 valence electrons. The van der Waals surface area contributed by atoms with Crippen LogP contribution in [0.15, 0.2) is 54.9 Å². The second-order valence-corrected chi connectivity index (χ2v) is 7.85. The Labute approximate surface area is 201 Å². The Morgan fingerprint density at radius 3 is 2.37 bits per heavy atom. The summed E-state index contributed by atoms with van der Waals surface area (Å²) < 4.78 is 1.81. The standard InChI is InChI=1S/C24H26N8O3/c1-15(34)27-18-8-4-9-19(13-18)29-24(35)28-17-7-3-6-16(12-17)21-30-22(25-10-5-11-33)20-23(31-21)32(2)14-26-20/h3-4,6-9,12-14,33H,5,10-11H2,1-2H3,(H,27,34)(H,25,30,31)(H2,28,29,35). The molecule has 0 bridgehead atoms. The van der Waals surface area contributed by atoms with Gasteiger partial charge in [0.15, 0.2) is 17.3 Å². The van der Waals surface area contributed by atoms with E-state index in [1.54, 1.807) is 48.8 Å². The summed E-state index contributed by atoms with van der Waals surface area (Å²) in [6, 6.07) is 13.6. The lowest BCUT2D eigenvalue weighted by Gasteiger charge is -2.11. The highest BCUT2D eigenvalue weighted by Crippen LogP contribution is 2.26. The van der Waals surface area contributed by atoms with Crippen LogP contribution in [0.2, 0.25) is 0 Å². The van der Waals surface area contributed by atoms with E-state index in [1.165, 1.54) is 6.92 Å². The lowest BCUT2D eigenvalue weighted by molar-refractivity contribution is -0.114. The molecule has 2 aromatic heterocycles. The molecule has 35 heavy (non-hydrogen) atoms. The number of benzene rings is 2. The summed E-state index contributed by atoms with van der Waals surface area (Å²) in [4.78, 5) is 37.5. The first-order chi connectivity index (χ1) is 16.9. The number of aromatic nitrogens is 4. The van der Waals surface area contributed by atoms with Crippen LogP contribution in [0, 0.1) is 0 Å². The number of imidazole rings is 1. The Kier molecular flexibility index (Phi) is 7.17. The minimum absolute atomic E-state index is 0.0730. The molecule has 0 aliphatic rings. The minimum Gasteiger partial charge on any atom is -0.396 e. The number of aliphatic hydroxyl groups excluding tert-OH is 1. The highest BCUT2D eigenvalue weighted by molar-refractivity contribution is 6.00. The summed E-state index contributed by atoms with van der Waals surface area (Å²) in [5, 5.41) is 20.5.